The third kappa shape index (κ3) is 3.21. The molecule has 4 atom stereocenters. The maximum Gasteiger partial charge on any atom is 0.151 e. The first-order valence-electron chi connectivity index (χ1n) is 8.33. The highest BCUT2D eigenvalue weighted by Crippen LogP contribution is 2.32. The molecule has 0 spiro atoms. The van der Waals surface area contributed by atoms with Gasteiger partial charge in [-0.1, -0.05) is 0 Å². The first-order chi connectivity index (χ1) is 12.8. The maximum atomic E-state index is 8.85. The molecule has 26 heavy (non-hydrogen) atoms. The predicted octanol–water partition coefficient (Wildman–Crippen LogP) is 2.42. The zero-order chi connectivity index (χ0) is 17.9. The SMILES string of the molecule is N#Cc1ccc(OC2CO[C@H]3C(Oc4ccc(C#N)cc4)CO[C@H]23)cc1. The van der Waals surface area contributed by atoms with Gasteiger partial charge in [-0.15, -0.1) is 0 Å². The van der Waals surface area contributed by atoms with Gasteiger partial charge < -0.3 is 18.9 Å². The number of fused-ring (bicyclic) bond motifs is 1. The van der Waals surface area contributed by atoms with E-state index in [9.17, 15) is 0 Å². The van der Waals surface area contributed by atoms with Crippen molar-refractivity contribution in [3.05, 3.63) is 59.7 Å². The molecule has 4 rings (SSSR count). The Labute approximate surface area is 151 Å². The Kier molecular flexibility index (Phi) is 4.45. The monoisotopic (exact) mass is 348 g/mol. The maximum absolute atomic E-state index is 8.85. The van der Waals surface area contributed by atoms with Crippen LogP contribution in [-0.2, 0) is 9.47 Å². The summed E-state index contributed by atoms with van der Waals surface area (Å²) in [7, 11) is 0. The van der Waals surface area contributed by atoms with Crippen LogP contribution in [0.3, 0.4) is 0 Å². The fourth-order valence-electron chi connectivity index (χ4n) is 3.20. The third-order valence-electron chi connectivity index (χ3n) is 4.50. The minimum absolute atomic E-state index is 0.200. The lowest BCUT2D eigenvalue weighted by molar-refractivity contribution is 0.0181. The molecule has 2 aromatic carbocycles. The molecule has 2 fully saturated rings. The fraction of sp³-hybridized carbons (Fsp3) is 0.300. The van der Waals surface area contributed by atoms with Crippen LogP contribution in [-0.4, -0.2) is 37.6 Å². The molecule has 2 unspecified atom stereocenters. The summed E-state index contributed by atoms with van der Waals surface area (Å²) in [5, 5.41) is 17.7. The number of ether oxygens (including phenoxy) is 4. The number of hydrogen-bond donors (Lipinski definition) is 0. The fourth-order valence-corrected chi connectivity index (χ4v) is 3.20. The second-order valence-corrected chi connectivity index (χ2v) is 6.18. The molecule has 0 aromatic heterocycles. The van der Waals surface area contributed by atoms with E-state index in [2.05, 4.69) is 12.1 Å². The second kappa shape index (κ2) is 7.05. The van der Waals surface area contributed by atoms with Gasteiger partial charge in [0, 0.05) is 0 Å². The molecular formula is C20H16N2O4. The molecule has 2 saturated heterocycles. The summed E-state index contributed by atoms with van der Waals surface area (Å²) >= 11 is 0. The summed E-state index contributed by atoms with van der Waals surface area (Å²) in [5.41, 5.74) is 1.18. The van der Waals surface area contributed by atoms with Gasteiger partial charge in [-0.25, -0.2) is 0 Å². The van der Waals surface area contributed by atoms with Gasteiger partial charge in [0.25, 0.3) is 0 Å². The zero-order valence-electron chi connectivity index (χ0n) is 13.9. The molecule has 0 bridgehead atoms. The summed E-state index contributed by atoms with van der Waals surface area (Å²) in [6.45, 7) is 0.838. The highest BCUT2D eigenvalue weighted by atomic mass is 16.6. The van der Waals surface area contributed by atoms with Crippen LogP contribution in [0.1, 0.15) is 11.1 Å². The van der Waals surface area contributed by atoms with E-state index in [-0.39, 0.29) is 24.4 Å². The molecule has 2 aliphatic heterocycles. The van der Waals surface area contributed by atoms with Gasteiger partial charge in [0.2, 0.25) is 0 Å². The van der Waals surface area contributed by atoms with Gasteiger partial charge in [-0.3, -0.25) is 0 Å². The molecular weight excluding hydrogens is 332 g/mol. The standard InChI is InChI=1S/C20H16N2O4/c21-9-13-1-5-15(6-2-13)25-17-11-23-20-18(12-24-19(17)20)26-16-7-3-14(10-22)4-8-16/h1-8,17-20H,11-12H2/t17?,18?,19-,20+. The minimum atomic E-state index is -0.220. The first-order valence-corrected chi connectivity index (χ1v) is 8.33. The quantitative estimate of drug-likeness (QED) is 0.844. The Bertz CT molecular complexity index is 778. The zero-order valence-corrected chi connectivity index (χ0v) is 13.9. The average Bonchev–Trinajstić information content (AvgIpc) is 3.27. The number of hydrogen-bond acceptors (Lipinski definition) is 6. The van der Waals surface area contributed by atoms with Gasteiger partial charge >= 0.3 is 0 Å². The van der Waals surface area contributed by atoms with Gasteiger partial charge in [0.1, 0.15) is 23.7 Å². The van der Waals surface area contributed by atoms with Crippen molar-refractivity contribution in [2.45, 2.75) is 24.4 Å². The van der Waals surface area contributed by atoms with Crippen molar-refractivity contribution in [3.8, 4) is 23.6 Å². The minimum Gasteiger partial charge on any atom is -0.485 e. The van der Waals surface area contributed by atoms with E-state index in [1.165, 1.54) is 0 Å². The van der Waals surface area contributed by atoms with Gasteiger partial charge in [-0.05, 0) is 48.5 Å². The third-order valence-corrected chi connectivity index (χ3v) is 4.50. The summed E-state index contributed by atoms with van der Waals surface area (Å²) < 4.78 is 23.6. The molecule has 0 aliphatic carbocycles. The van der Waals surface area contributed by atoms with Crippen molar-refractivity contribution in [2.24, 2.45) is 0 Å². The van der Waals surface area contributed by atoms with E-state index in [1.54, 1.807) is 48.5 Å². The van der Waals surface area contributed by atoms with E-state index in [0.717, 1.165) is 0 Å². The van der Waals surface area contributed by atoms with Crippen LogP contribution in [0.4, 0.5) is 0 Å². The number of nitriles is 2. The highest BCUT2D eigenvalue weighted by Gasteiger charge is 2.50. The van der Waals surface area contributed by atoms with Crippen LogP contribution in [0.2, 0.25) is 0 Å². The second-order valence-electron chi connectivity index (χ2n) is 6.18. The molecule has 6 nitrogen and oxygen atoms in total. The van der Waals surface area contributed by atoms with E-state index in [1.807, 2.05) is 0 Å². The Morgan fingerprint density at radius 1 is 0.692 bits per heavy atom. The van der Waals surface area contributed by atoms with Crippen LogP contribution in [0.5, 0.6) is 11.5 Å². The lowest BCUT2D eigenvalue weighted by Crippen LogP contribution is -2.36. The molecule has 130 valence electrons. The number of benzene rings is 2. The smallest absolute Gasteiger partial charge is 0.151 e. The predicted molar refractivity (Wildman–Crippen MR) is 90.6 cm³/mol. The normalized spacial score (nSPS) is 26.5. The molecule has 2 aliphatic rings. The van der Waals surface area contributed by atoms with Crippen molar-refractivity contribution in [2.75, 3.05) is 13.2 Å². The van der Waals surface area contributed by atoms with E-state index < -0.39 is 0 Å². The van der Waals surface area contributed by atoms with Crippen LogP contribution in [0, 0.1) is 22.7 Å². The Morgan fingerprint density at radius 2 is 1.08 bits per heavy atom. The summed E-state index contributed by atoms with van der Waals surface area (Å²) in [4.78, 5) is 0. The van der Waals surface area contributed by atoms with E-state index >= 15 is 0 Å². The summed E-state index contributed by atoms with van der Waals surface area (Å²) in [6.07, 6.45) is -0.840. The van der Waals surface area contributed by atoms with Crippen molar-refractivity contribution < 1.29 is 18.9 Å². The van der Waals surface area contributed by atoms with Crippen LogP contribution in [0.15, 0.2) is 48.5 Å². The van der Waals surface area contributed by atoms with Crippen molar-refractivity contribution >= 4 is 0 Å². The molecule has 0 amide bonds. The number of nitrogens with zero attached hydrogens (tertiary/aromatic N) is 2. The largest absolute Gasteiger partial charge is 0.485 e. The van der Waals surface area contributed by atoms with Crippen molar-refractivity contribution in [3.63, 3.8) is 0 Å². The Hall–Kier alpha value is -3.06. The van der Waals surface area contributed by atoms with Crippen LogP contribution >= 0.6 is 0 Å². The molecule has 0 N–H and O–H groups in total. The molecule has 0 saturated carbocycles. The highest BCUT2D eigenvalue weighted by molar-refractivity contribution is 5.35. The van der Waals surface area contributed by atoms with Crippen LogP contribution < -0.4 is 9.47 Å². The molecule has 2 aromatic rings. The molecule has 2 heterocycles. The first kappa shape index (κ1) is 16.4. The van der Waals surface area contributed by atoms with Crippen molar-refractivity contribution in [1.29, 1.82) is 10.5 Å². The van der Waals surface area contributed by atoms with Crippen LogP contribution in [0.25, 0.3) is 0 Å². The van der Waals surface area contributed by atoms with Gasteiger partial charge in [0.15, 0.2) is 12.2 Å². The molecule has 0 radical (unpaired) electrons. The Morgan fingerprint density at radius 3 is 1.42 bits per heavy atom. The number of rotatable bonds is 4. The van der Waals surface area contributed by atoms with E-state index in [4.69, 9.17) is 29.5 Å². The van der Waals surface area contributed by atoms with Crippen molar-refractivity contribution in [1.82, 2.24) is 0 Å². The summed E-state index contributed by atoms with van der Waals surface area (Å²) in [5.74, 6) is 1.36. The summed E-state index contributed by atoms with van der Waals surface area (Å²) in [6, 6.07) is 18.1. The van der Waals surface area contributed by atoms with Gasteiger partial charge in [-0.2, -0.15) is 10.5 Å². The average molecular weight is 348 g/mol. The lowest BCUT2D eigenvalue weighted by atomic mass is 10.1. The lowest BCUT2D eigenvalue weighted by Gasteiger charge is -2.18. The Balaban J connectivity index is 1.38. The topological polar surface area (TPSA) is 84.5 Å². The van der Waals surface area contributed by atoms with E-state index in [0.29, 0.717) is 35.8 Å². The van der Waals surface area contributed by atoms with Gasteiger partial charge in [0.05, 0.1) is 36.5 Å². The molecule has 6 heteroatoms.